The van der Waals surface area contributed by atoms with Gasteiger partial charge >= 0.3 is 6.03 Å². The highest BCUT2D eigenvalue weighted by atomic mass is 16.5. The van der Waals surface area contributed by atoms with Crippen LogP contribution >= 0.6 is 0 Å². The maximum Gasteiger partial charge on any atom is 0.319 e. The van der Waals surface area contributed by atoms with E-state index in [1.54, 1.807) is 13.3 Å². The molecular formula is C20H21N3O2. The largest absolute Gasteiger partial charge is 0.497 e. The standard InChI is InChI=1S/C20H21N3O2/c1-20(2,15-9-11-16(25-3)12-10-15)23-19(24)22-17-8-4-6-14-7-5-13-21-18(14)17/h4-13H,1-3H3,(H2,22,23,24). The van der Waals surface area contributed by atoms with Crippen molar-refractivity contribution in [2.45, 2.75) is 19.4 Å². The predicted octanol–water partition coefficient (Wildman–Crippen LogP) is 4.30. The molecule has 1 aromatic heterocycles. The average Bonchev–Trinajstić information content (AvgIpc) is 2.61. The van der Waals surface area contributed by atoms with Gasteiger partial charge in [0.1, 0.15) is 5.75 Å². The molecule has 3 rings (SSSR count). The zero-order valence-electron chi connectivity index (χ0n) is 14.5. The number of benzene rings is 2. The Morgan fingerprint density at radius 3 is 2.48 bits per heavy atom. The first-order chi connectivity index (χ1) is 12.0. The summed E-state index contributed by atoms with van der Waals surface area (Å²) in [7, 11) is 1.63. The molecule has 5 nitrogen and oxygen atoms in total. The number of anilines is 1. The maximum atomic E-state index is 12.5. The molecular weight excluding hydrogens is 314 g/mol. The number of nitrogens with zero attached hydrogens (tertiary/aromatic N) is 1. The first kappa shape index (κ1) is 16.8. The Morgan fingerprint density at radius 1 is 1.04 bits per heavy atom. The molecule has 0 radical (unpaired) electrons. The van der Waals surface area contributed by atoms with E-state index in [0.29, 0.717) is 5.69 Å². The number of carbonyl (C=O) groups excluding carboxylic acids is 1. The van der Waals surface area contributed by atoms with E-state index in [1.807, 2.05) is 68.4 Å². The number of amides is 2. The average molecular weight is 335 g/mol. The van der Waals surface area contributed by atoms with E-state index in [0.717, 1.165) is 22.2 Å². The number of hydrogen-bond donors (Lipinski definition) is 2. The number of rotatable bonds is 4. The SMILES string of the molecule is COc1ccc(C(C)(C)NC(=O)Nc2cccc3cccnc23)cc1. The molecule has 0 bridgehead atoms. The van der Waals surface area contributed by atoms with Gasteiger partial charge in [-0.15, -0.1) is 0 Å². The van der Waals surface area contributed by atoms with Crippen LogP contribution in [0.25, 0.3) is 10.9 Å². The summed E-state index contributed by atoms with van der Waals surface area (Å²) in [6.07, 6.45) is 1.71. The molecule has 2 amide bonds. The summed E-state index contributed by atoms with van der Waals surface area (Å²) in [4.78, 5) is 16.8. The Hall–Kier alpha value is -3.08. The van der Waals surface area contributed by atoms with E-state index in [9.17, 15) is 4.79 Å². The highest BCUT2D eigenvalue weighted by Crippen LogP contribution is 2.24. The highest BCUT2D eigenvalue weighted by molar-refractivity contribution is 5.99. The monoisotopic (exact) mass is 335 g/mol. The van der Waals surface area contributed by atoms with Crippen LogP contribution in [0.2, 0.25) is 0 Å². The second kappa shape index (κ2) is 6.81. The second-order valence-corrected chi connectivity index (χ2v) is 6.31. The first-order valence-electron chi connectivity index (χ1n) is 8.07. The van der Waals surface area contributed by atoms with Crippen molar-refractivity contribution in [3.05, 3.63) is 66.4 Å². The number of ether oxygens (including phenoxy) is 1. The van der Waals surface area contributed by atoms with Crippen LogP contribution in [0.15, 0.2) is 60.8 Å². The van der Waals surface area contributed by atoms with E-state index in [1.165, 1.54) is 0 Å². The summed E-state index contributed by atoms with van der Waals surface area (Å²) in [6, 6.07) is 16.9. The smallest absolute Gasteiger partial charge is 0.319 e. The Labute approximate surface area is 147 Å². The number of fused-ring (bicyclic) bond motifs is 1. The maximum absolute atomic E-state index is 12.5. The van der Waals surface area contributed by atoms with Gasteiger partial charge in [-0.1, -0.05) is 30.3 Å². The van der Waals surface area contributed by atoms with Crippen LogP contribution in [0.5, 0.6) is 5.75 Å². The van der Waals surface area contributed by atoms with Crippen molar-refractivity contribution in [3.63, 3.8) is 0 Å². The summed E-state index contributed by atoms with van der Waals surface area (Å²) >= 11 is 0. The van der Waals surface area contributed by atoms with Crippen molar-refractivity contribution in [1.29, 1.82) is 0 Å². The Morgan fingerprint density at radius 2 is 1.76 bits per heavy atom. The van der Waals surface area contributed by atoms with Gasteiger partial charge in [-0.2, -0.15) is 0 Å². The number of carbonyl (C=O) groups is 1. The lowest BCUT2D eigenvalue weighted by molar-refractivity contribution is 0.242. The van der Waals surface area contributed by atoms with Gasteiger partial charge in [-0.05, 0) is 43.7 Å². The molecule has 0 unspecified atom stereocenters. The fourth-order valence-corrected chi connectivity index (χ4v) is 2.72. The number of methoxy groups -OCH3 is 1. The third kappa shape index (κ3) is 3.71. The van der Waals surface area contributed by atoms with Gasteiger partial charge in [0, 0.05) is 11.6 Å². The third-order valence-electron chi connectivity index (χ3n) is 4.12. The fourth-order valence-electron chi connectivity index (χ4n) is 2.72. The number of hydrogen-bond acceptors (Lipinski definition) is 3. The number of urea groups is 1. The molecule has 0 fully saturated rings. The van der Waals surface area contributed by atoms with E-state index in [2.05, 4.69) is 15.6 Å². The zero-order valence-corrected chi connectivity index (χ0v) is 14.5. The van der Waals surface area contributed by atoms with Gasteiger partial charge in [-0.3, -0.25) is 4.98 Å². The fraction of sp³-hybridized carbons (Fsp3) is 0.200. The van der Waals surface area contributed by atoms with Crippen LogP contribution in [0.3, 0.4) is 0 Å². The van der Waals surface area contributed by atoms with Crippen LogP contribution in [0.4, 0.5) is 10.5 Å². The molecule has 3 aromatic rings. The lowest BCUT2D eigenvalue weighted by Crippen LogP contribution is -2.43. The zero-order chi connectivity index (χ0) is 17.9. The van der Waals surface area contributed by atoms with Crippen LogP contribution in [-0.4, -0.2) is 18.1 Å². The number of para-hydroxylation sites is 1. The van der Waals surface area contributed by atoms with Gasteiger partial charge in [0.25, 0.3) is 0 Å². The molecule has 0 saturated heterocycles. The van der Waals surface area contributed by atoms with Crippen molar-refractivity contribution in [3.8, 4) is 5.75 Å². The minimum absolute atomic E-state index is 0.279. The molecule has 5 heteroatoms. The minimum atomic E-state index is -0.533. The van der Waals surface area contributed by atoms with E-state index >= 15 is 0 Å². The van der Waals surface area contributed by atoms with E-state index < -0.39 is 5.54 Å². The van der Waals surface area contributed by atoms with E-state index in [4.69, 9.17) is 4.74 Å². The summed E-state index contributed by atoms with van der Waals surface area (Å²) in [6.45, 7) is 3.91. The molecule has 1 heterocycles. The second-order valence-electron chi connectivity index (χ2n) is 6.31. The highest BCUT2D eigenvalue weighted by Gasteiger charge is 2.23. The van der Waals surface area contributed by atoms with Crippen LogP contribution < -0.4 is 15.4 Å². The number of aromatic nitrogens is 1. The van der Waals surface area contributed by atoms with Gasteiger partial charge in [0.2, 0.25) is 0 Å². The molecule has 0 spiro atoms. The normalized spacial score (nSPS) is 11.2. The topological polar surface area (TPSA) is 63.2 Å². The van der Waals surface area contributed by atoms with Crippen molar-refractivity contribution >= 4 is 22.6 Å². The number of pyridine rings is 1. The van der Waals surface area contributed by atoms with Crippen molar-refractivity contribution in [2.75, 3.05) is 12.4 Å². The lowest BCUT2D eigenvalue weighted by Gasteiger charge is -2.27. The van der Waals surface area contributed by atoms with Crippen molar-refractivity contribution < 1.29 is 9.53 Å². The molecule has 0 aliphatic rings. The van der Waals surface area contributed by atoms with Gasteiger partial charge in [0.05, 0.1) is 23.9 Å². The van der Waals surface area contributed by atoms with Gasteiger partial charge in [-0.25, -0.2) is 4.79 Å². The summed E-state index contributed by atoms with van der Waals surface area (Å²) in [5.74, 6) is 0.783. The Bertz CT molecular complexity index is 884. The van der Waals surface area contributed by atoms with Crippen LogP contribution in [0, 0.1) is 0 Å². The molecule has 0 aliphatic heterocycles. The quantitative estimate of drug-likeness (QED) is 0.747. The molecule has 25 heavy (non-hydrogen) atoms. The summed E-state index contributed by atoms with van der Waals surface area (Å²) < 4.78 is 5.18. The van der Waals surface area contributed by atoms with Crippen molar-refractivity contribution in [2.24, 2.45) is 0 Å². The Kier molecular flexibility index (Phi) is 4.57. The first-order valence-corrected chi connectivity index (χ1v) is 8.07. The van der Waals surface area contributed by atoms with Gasteiger partial charge in [0.15, 0.2) is 0 Å². The van der Waals surface area contributed by atoms with Gasteiger partial charge < -0.3 is 15.4 Å². The molecule has 2 N–H and O–H groups in total. The summed E-state index contributed by atoms with van der Waals surface area (Å²) in [5.41, 5.74) is 1.90. The van der Waals surface area contributed by atoms with Crippen molar-refractivity contribution in [1.82, 2.24) is 10.3 Å². The summed E-state index contributed by atoms with van der Waals surface area (Å²) in [5, 5.41) is 6.88. The van der Waals surface area contributed by atoms with Crippen LogP contribution in [0.1, 0.15) is 19.4 Å². The molecule has 0 atom stereocenters. The van der Waals surface area contributed by atoms with E-state index in [-0.39, 0.29) is 6.03 Å². The minimum Gasteiger partial charge on any atom is -0.497 e. The molecule has 0 aliphatic carbocycles. The molecule has 0 saturated carbocycles. The third-order valence-corrected chi connectivity index (χ3v) is 4.12. The lowest BCUT2D eigenvalue weighted by atomic mass is 9.94. The Balaban J connectivity index is 1.76. The molecule has 2 aromatic carbocycles. The van der Waals surface area contributed by atoms with Crippen LogP contribution in [-0.2, 0) is 5.54 Å². The molecule has 128 valence electrons. The number of nitrogens with one attached hydrogen (secondary N) is 2. The predicted molar refractivity (Wildman–Crippen MR) is 99.9 cm³/mol.